The van der Waals surface area contributed by atoms with Gasteiger partial charge < -0.3 is 0 Å². The Balaban J connectivity index is 1.68. The van der Waals surface area contributed by atoms with Crippen molar-refractivity contribution in [3.8, 4) is 0 Å². The van der Waals surface area contributed by atoms with Gasteiger partial charge in [0.25, 0.3) is 0 Å². The van der Waals surface area contributed by atoms with E-state index < -0.39 is 0 Å². The first-order valence-corrected chi connectivity index (χ1v) is 9.71. The molecule has 2 rings (SSSR count). The minimum Gasteiger partial charge on any atom is -0.131 e. The molecule has 0 radical (unpaired) electrons. The predicted molar refractivity (Wildman–Crippen MR) is 88.6 cm³/mol. The van der Waals surface area contributed by atoms with E-state index in [2.05, 4.69) is 23.2 Å². The number of rotatable bonds is 3. The smallest absolute Gasteiger partial charge is 0.00883 e. The Kier molecular flexibility index (Phi) is 8.07. The molecule has 0 bridgehead atoms. The van der Waals surface area contributed by atoms with E-state index in [-0.39, 0.29) is 0 Å². The van der Waals surface area contributed by atoms with Crippen molar-refractivity contribution in [1.29, 1.82) is 0 Å². The summed E-state index contributed by atoms with van der Waals surface area (Å²) in [5, 5.41) is 3.39. The van der Waals surface area contributed by atoms with Gasteiger partial charge in [0.05, 0.1) is 0 Å². The summed E-state index contributed by atoms with van der Waals surface area (Å²) in [5.41, 5.74) is 0. The van der Waals surface area contributed by atoms with Gasteiger partial charge in [0.1, 0.15) is 0 Å². The highest BCUT2D eigenvalue weighted by molar-refractivity contribution is 8.02. The molecule has 0 spiro atoms. The molecular formula is C18H32S. The van der Waals surface area contributed by atoms with Crippen molar-refractivity contribution < 1.29 is 0 Å². The highest BCUT2D eigenvalue weighted by atomic mass is 32.2. The van der Waals surface area contributed by atoms with E-state index in [0.717, 1.165) is 11.2 Å². The first-order valence-electron chi connectivity index (χ1n) is 8.77. The Morgan fingerprint density at radius 3 is 1.63 bits per heavy atom. The van der Waals surface area contributed by atoms with E-state index in [4.69, 9.17) is 0 Å². The highest BCUT2D eigenvalue weighted by Gasteiger charge is 2.11. The van der Waals surface area contributed by atoms with Crippen molar-refractivity contribution in [2.45, 2.75) is 95.1 Å². The van der Waals surface area contributed by atoms with E-state index in [1.807, 2.05) is 0 Å². The largest absolute Gasteiger partial charge is 0.131 e. The van der Waals surface area contributed by atoms with Gasteiger partial charge in [-0.3, -0.25) is 0 Å². The zero-order chi connectivity index (χ0) is 13.2. The molecule has 19 heavy (non-hydrogen) atoms. The summed E-state index contributed by atoms with van der Waals surface area (Å²) in [6, 6.07) is 0. The van der Waals surface area contributed by atoms with Crippen LogP contribution in [-0.2, 0) is 0 Å². The van der Waals surface area contributed by atoms with Crippen LogP contribution in [0.2, 0.25) is 0 Å². The molecule has 0 N–H and O–H groups in total. The monoisotopic (exact) mass is 280 g/mol. The van der Waals surface area contributed by atoms with Gasteiger partial charge in [-0.1, -0.05) is 70.3 Å². The minimum absolute atomic E-state index is 0.890. The molecule has 2 aliphatic carbocycles. The lowest BCUT2D eigenvalue weighted by Crippen LogP contribution is -2.04. The average molecular weight is 281 g/mol. The summed E-state index contributed by atoms with van der Waals surface area (Å²) in [6.45, 7) is 0. The van der Waals surface area contributed by atoms with E-state index >= 15 is 0 Å². The Hall–Kier alpha value is 0.0900. The van der Waals surface area contributed by atoms with Gasteiger partial charge in [-0.25, -0.2) is 0 Å². The van der Waals surface area contributed by atoms with Crippen molar-refractivity contribution in [2.75, 3.05) is 0 Å². The van der Waals surface area contributed by atoms with Crippen LogP contribution in [0.4, 0.5) is 0 Å². The minimum atomic E-state index is 0.890. The van der Waals surface area contributed by atoms with Crippen LogP contribution in [-0.4, -0.2) is 5.25 Å². The normalized spacial score (nSPS) is 25.7. The van der Waals surface area contributed by atoms with Gasteiger partial charge >= 0.3 is 0 Å². The Morgan fingerprint density at radius 1 is 0.579 bits per heavy atom. The van der Waals surface area contributed by atoms with Crippen molar-refractivity contribution in [3.63, 3.8) is 0 Å². The molecular weight excluding hydrogens is 248 g/mol. The average Bonchev–Trinajstić information content (AvgIpc) is 2.33. The van der Waals surface area contributed by atoms with Gasteiger partial charge in [-0.2, -0.15) is 0 Å². The molecule has 0 nitrogen and oxygen atoms in total. The van der Waals surface area contributed by atoms with E-state index in [1.54, 1.807) is 0 Å². The fourth-order valence-electron chi connectivity index (χ4n) is 3.50. The Labute approximate surface area is 124 Å². The van der Waals surface area contributed by atoms with Gasteiger partial charge in [0.2, 0.25) is 0 Å². The van der Waals surface area contributed by atoms with Crippen LogP contribution >= 0.6 is 11.8 Å². The van der Waals surface area contributed by atoms with Crippen molar-refractivity contribution in [3.05, 3.63) is 11.5 Å². The standard InChI is InChI=1S/C18H32S/c1-3-7-11-17(12-8-4-1)15-16-19-18-13-9-5-2-6-10-14-18/h15-18H,1-14H2/b16-15+. The number of allylic oxidation sites excluding steroid dienone is 1. The second-order valence-electron chi connectivity index (χ2n) is 6.54. The second kappa shape index (κ2) is 9.91. The van der Waals surface area contributed by atoms with Crippen molar-refractivity contribution >= 4 is 11.8 Å². The molecule has 0 aromatic carbocycles. The molecule has 0 heterocycles. The van der Waals surface area contributed by atoms with Crippen molar-refractivity contribution in [1.82, 2.24) is 0 Å². The van der Waals surface area contributed by atoms with Crippen LogP contribution in [0.25, 0.3) is 0 Å². The molecule has 0 aromatic rings. The van der Waals surface area contributed by atoms with E-state index in [1.165, 1.54) is 89.9 Å². The van der Waals surface area contributed by atoms with Gasteiger partial charge in [-0.15, -0.1) is 11.8 Å². The molecule has 0 unspecified atom stereocenters. The molecule has 0 amide bonds. The third-order valence-electron chi connectivity index (χ3n) is 4.82. The first-order chi connectivity index (χ1) is 9.45. The fourth-order valence-corrected chi connectivity index (χ4v) is 4.64. The van der Waals surface area contributed by atoms with E-state index in [0.29, 0.717) is 0 Å². The quantitative estimate of drug-likeness (QED) is 0.554. The summed E-state index contributed by atoms with van der Waals surface area (Å²) in [5.74, 6) is 0.890. The van der Waals surface area contributed by atoms with Crippen LogP contribution in [0, 0.1) is 5.92 Å². The molecule has 2 fully saturated rings. The Morgan fingerprint density at radius 2 is 1.05 bits per heavy atom. The molecule has 0 atom stereocenters. The zero-order valence-electron chi connectivity index (χ0n) is 12.6. The fraction of sp³-hybridized carbons (Fsp3) is 0.889. The molecule has 2 saturated carbocycles. The lowest BCUT2D eigenvalue weighted by molar-refractivity contribution is 0.435. The maximum absolute atomic E-state index is 2.55. The number of thioether (sulfide) groups is 1. The summed E-state index contributed by atoms with van der Waals surface area (Å²) >= 11 is 2.15. The summed E-state index contributed by atoms with van der Waals surface area (Å²) in [4.78, 5) is 0. The maximum atomic E-state index is 2.55. The molecule has 0 aromatic heterocycles. The van der Waals surface area contributed by atoms with Crippen molar-refractivity contribution in [2.24, 2.45) is 5.92 Å². The zero-order valence-corrected chi connectivity index (χ0v) is 13.4. The summed E-state index contributed by atoms with van der Waals surface area (Å²) in [6.07, 6.45) is 23.1. The lowest BCUT2D eigenvalue weighted by Gasteiger charge is -2.18. The second-order valence-corrected chi connectivity index (χ2v) is 7.75. The highest BCUT2D eigenvalue weighted by Crippen LogP contribution is 2.29. The lowest BCUT2D eigenvalue weighted by atomic mass is 9.91. The van der Waals surface area contributed by atoms with E-state index in [9.17, 15) is 0 Å². The van der Waals surface area contributed by atoms with Crippen LogP contribution in [0.5, 0.6) is 0 Å². The van der Waals surface area contributed by atoms with Crippen LogP contribution in [0.15, 0.2) is 11.5 Å². The summed E-state index contributed by atoms with van der Waals surface area (Å²) < 4.78 is 0. The predicted octanol–water partition coefficient (Wildman–Crippen LogP) is 6.71. The third kappa shape index (κ3) is 6.88. The molecule has 110 valence electrons. The molecule has 0 aliphatic heterocycles. The van der Waals surface area contributed by atoms with Gasteiger partial charge in [0, 0.05) is 5.25 Å². The number of hydrogen-bond donors (Lipinski definition) is 0. The SMILES string of the molecule is C(=C\C1CCCCCCC1)/SC1CCCCCCC1. The van der Waals surface area contributed by atoms with Gasteiger partial charge in [0.15, 0.2) is 0 Å². The molecule has 2 aliphatic rings. The van der Waals surface area contributed by atoms with Crippen LogP contribution in [0.3, 0.4) is 0 Å². The molecule has 0 saturated heterocycles. The third-order valence-corrected chi connectivity index (χ3v) is 5.99. The summed E-state index contributed by atoms with van der Waals surface area (Å²) in [7, 11) is 0. The first kappa shape index (κ1) is 15.5. The van der Waals surface area contributed by atoms with Crippen LogP contribution in [0.1, 0.15) is 89.9 Å². The maximum Gasteiger partial charge on any atom is 0.00883 e. The molecule has 1 heteroatoms. The number of hydrogen-bond acceptors (Lipinski definition) is 1. The Bertz CT molecular complexity index is 230. The van der Waals surface area contributed by atoms with Crippen LogP contribution < -0.4 is 0 Å². The van der Waals surface area contributed by atoms with Gasteiger partial charge in [-0.05, 0) is 37.0 Å². The topological polar surface area (TPSA) is 0 Å².